The number of aromatic amines is 1. The van der Waals surface area contributed by atoms with Crippen LogP contribution < -0.4 is 10.6 Å². The van der Waals surface area contributed by atoms with E-state index in [2.05, 4.69) is 41.7 Å². The molecule has 0 bridgehead atoms. The Morgan fingerprint density at radius 2 is 2.00 bits per heavy atom. The first-order chi connectivity index (χ1) is 9.06. The third-order valence-electron chi connectivity index (χ3n) is 2.27. The molecule has 2 aromatic rings. The molecule has 8 heteroatoms. The fraction of sp³-hybridized carbons (Fsp3) is 0.0909. The molecule has 7 nitrogen and oxygen atoms in total. The summed E-state index contributed by atoms with van der Waals surface area (Å²) in [7, 11) is 0. The number of H-pyrrole nitrogens is 1. The number of halogens is 1. The smallest absolute Gasteiger partial charge is 0.316 e. The second kappa shape index (κ2) is 5.61. The van der Waals surface area contributed by atoms with Gasteiger partial charge in [-0.1, -0.05) is 15.9 Å². The molecule has 0 saturated carbocycles. The summed E-state index contributed by atoms with van der Waals surface area (Å²) in [5.41, 5.74) is 1.49. The molecule has 0 atom stereocenters. The van der Waals surface area contributed by atoms with E-state index in [9.17, 15) is 9.59 Å². The van der Waals surface area contributed by atoms with Crippen molar-refractivity contribution in [3.63, 3.8) is 0 Å². The number of nitrogens with one attached hydrogen (secondary N) is 3. The molecule has 0 aliphatic heterocycles. The van der Waals surface area contributed by atoms with Crippen LogP contribution in [0.5, 0.6) is 0 Å². The van der Waals surface area contributed by atoms with Crippen molar-refractivity contribution >= 4 is 39.4 Å². The molecule has 1 aromatic carbocycles. The largest absolute Gasteiger partial charge is 0.318 e. The summed E-state index contributed by atoms with van der Waals surface area (Å²) < 4.78 is 0.927. The van der Waals surface area contributed by atoms with Crippen molar-refractivity contribution < 1.29 is 9.59 Å². The van der Waals surface area contributed by atoms with E-state index < -0.39 is 11.8 Å². The molecule has 1 heterocycles. The lowest BCUT2D eigenvalue weighted by Gasteiger charge is -2.06. The number of hydrogen-bond donors (Lipinski definition) is 3. The number of aromatic nitrogens is 3. The minimum Gasteiger partial charge on any atom is -0.318 e. The van der Waals surface area contributed by atoms with E-state index in [0.717, 1.165) is 10.0 Å². The maximum Gasteiger partial charge on any atom is 0.316 e. The van der Waals surface area contributed by atoms with Crippen LogP contribution in [0.1, 0.15) is 5.56 Å². The normalized spacial score (nSPS) is 10.0. The van der Waals surface area contributed by atoms with E-state index in [0.29, 0.717) is 5.69 Å². The Bertz CT molecular complexity index is 612. The Balaban J connectivity index is 2.00. The van der Waals surface area contributed by atoms with Crippen molar-refractivity contribution in [2.24, 2.45) is 0 Å². The molecular formula is C11H10BrN5O2. The van der Waals surface area contributed by atoms with Gasteiger partial charge in [0.15, 0.2) is 0 Å². The Morgan fingerprint density at radius 3 is 2.63 bits per heavy atom. The maximum absolute atomic E-state index is 11.6. The Hall–Kier alpha value is -2.22. The summed E-state index contributed by atoms with van der Waals surface area (Å²) in [5.74, 6) is -1.48. The highest BCUT2D eigenvalue weighted by molar-refractivity contribution is 9.10. The zero-order chi connectivity index (χ0) is 13.8. The van der Waals surface area contributed by atoms with Gasteiger partial charge in [0.1, 0.15) is 6.33 Å². The van der Waals surface area contributed by atoms with E-state index in [1.165, 1.54) is 6.33 Å². The molecule has 0 saturated heterocycles. The Kier molecular flexibility index (Phi) is 3.91. The molecule has 2 rings (SSSR count). The van der Waals surface area contributed by atoms with Crippen molar-refractivity contribution in [2.75, 3.05) is 10.6 Å². The van der Waals surface area contributed by atoms with Gasteiger partial charge in [-0.05, 0) is 30.7 Å². The third kappa shape index (κ3) is 3.38. The summed E-state index contributed by atoms with van der Waals surface area (Å²) in [6.07, 6.45) is 1.23. The minimum absolute atomic E-state index is 0.118. The molecule has 0 aliphatic carbocycles. The van der Waals surface area contributed by atoms with Gasteiger partial charge in [0.25, 0.3) is 0 Å². The summed E-state index contributed by atoms with van der Waals surface area (Å²) >= 11 is 3.35. The van der Waals surface area contributed by atoms with Crippen molar-refractivity contribution in [1.82, 2.24) is 15.2 Å². The van der Waals surface area contributed by atoms with Crippen LogP contribution in [0.3, 0.4) is 0 Å². The number of rotatable bonds is 2. The number of carbonyl (C=O) groups excluding carboxylic acids is 2. The van der Waals surface area contributed by atoms with Gasteiger partial charge in [-0.25, -0.2) is 5.10 Å². The van der Waals surface area contributed by atoms with Gasteiger partial charge in [0.2, 0.25) is 5.95 Å². The van der Waals surface area contributed by atoms with E-state index >= 15 is 0 Å². The number of aryl methyl sites for hydroxylation is 1. The van der Waals surface area contributed by atoms with Gasteiger partial charge in [-0.3, -0.25) is 14.9 Å². The molecule has 98 valence electrons. The van der Waals surface area contributed by atoms with Crippen LogP contribution in [0.4, 0.5) is 11.6 Å². The standard InChI is InChI=1S/C11H10BrN5O2/c1-6-4-7(2-3-8(6)12)15-9(18)10(19)16-11-13-5-14-17-11/h2-5H,1H3,(H,15,18)(H2,13,14,16,17,19). The lowest BCUT2D eigenvalue weighted by atomic mass is 10.2. The molecule has 0 aliphatic rings. The van der Waals surface area contributed by atoms with Crippen molar-refractivity contribution in [3.8, 4) is 0 Å². The zero-order valence-electron chi connectivity index (χ0n) is 9.90. The third-order valence-corrected chi connectivity index (χ3v) is 3.16. The number of nitrogens with zero attached hydrogens (tertiary/aromatic N) is 2. The zero-order valence-corrected chi connectivity index (χ0v) is 11.5. The van der Waals surface area contributed by atoms with Gasteiger partial charge in [0.05, 0.1) is 0 Å². The summed E-state index contributed by atoms with van der Waals surface area (Å²) in [5, 5.41) is 10.7. The van der Waals surface area contributed by atoms with Gasteiger partial charge in [-0.15, -0.1) is 0 Å². The highest BCUT2D eigenvalue weighted by Gasteiger charge is 2.15. The fourth-order valence-corrected chi connectivity index (χ4v) is 1.59. The molecule has 0 unspecified atom stereocenters. The highest BCUT2D eigenvalue weighted by Crippen LogP contribution is 2.19. The van der Waals surface area contributed by atoms with Crippen LogP contribution in [0.2, 0.25) is 0 Å². The second-order valence-corrected chi connectivity index (χ2v) is 4.56. The van der Waals surface area contributed by atoms with Crippen molar-refractivity contribution in [2.45, 2.75) is 6.92 Å². The molecule has 3 N–H and O–H groups in total. The van der Waals surface area contributed by atoms with Crippen LogP contribution in [-0.4, -0.2) is 27.0 Å². The van der Waals surface area contributed by atoms with E-state index in [-0.39, 0.29) is 5.95 Å². The van der Waals surface area contributed by atoms with Gasteiger partial charge in [0, 0.05) is 10.2 Å². The van der Waals surface area contributed by atoms with Crippen LogP contribution >= 0.6 is 15.9 Å². The van der Waals surface area contributed by atoms with E-state index in [1.54, 1.807) is 18.2 Å². The van der Waals surface area contributed by atoms with Crippen molar-refractivity contribution in [1.29, 1.82) is 0 Å². The lowest BCUT2D eigenvalue weighted by Crippen LogP contribution is -2.29. The number of amides is 2. The Morgan fingerprint density at radius 1 is 1.26 bits per heavy atom. The van der Waals surface area contributed by atoms with Crippen molar-refractivity contribution in [3.05, 3.63) is 34.6 Å². The number of hydrogen-bond acceptors (Lipinski definition) is 4. The first-order valence-corrected chi connectivity index (χ1v) is 6.09. The fourth-order valence-electron chi connectivity index (χ4n) is 1.34. The number of carbonyl (C=O) groups is 2. The van der Waals surface area contributed by atoms with E-state index in [1.807, 2.05) is 6.92 Å². The van der Waals surface area contributed by atoms with Gasteiger partial charge in [-0.2, -0.15) is 10.1 Å². The first kappa shape index (κ1) is 13.2. The SMILES string of the molecule is Cc1cc(NC(=O)C(=O)Nc2ncn[nH]2)ccc1Br. The molecule has 1 aromatic heterocycles. The van der Waals surface area contributed by atoms with E-state index in [4.69, 9.17) is 0 Å². The molecule has 0 radical (unpaired) electrons. The highest BCUT2D eigenvalue weighted by atomic mass is 79.9. The summed E-state index contributed by atoms with van der Waals surface area (Å²) in [6, 6.07) is 5.24. The quantitative estimate of drug-likeness (QED) is 0.728. The van der Waals surface area contributed by atoms with Gasteiger partial charge >= 0.3 is 11.8 Å². The predicted molar refractivity (Wildman–Crippen MR) is 72.5 cm³/mol. The molecule has 0 fully saturated rings. The molecule has 19 heavy (non-hydrogen) atoms. The second-order valence-electron chi connectivity index (χ2n) is 3.71. The van der Waals surface area contributed by atoms with Crippen LogP contribution in [0.25, 0.3) is 0 Å². The minimum atomic E-state index is -0.822. The molecular weight excluding hydrogens is 314 g/mol. The van der Waals surface area contributed by atoms with Crippen LogP contribution in [0.15, 0.2) is 29.0 Å². The maximum atomic E-state index is 11.6. The van der Waals surface area contributed by atoms with Crippen LogP contribution in [0, 0.1) is 6.92 Å². The summed E-state index contributed by atoms with van der Waals surface area (Å²) in [4.78, 5) is 26.9. The first-order valence-electron chi connectivity index (χ1n) is 5.30. The Labute approximate surface area is 116 Å². The van der Waals surface area contributed by atoms with Gasteiger partial charge < -0.3 is 5.32 Å². The average Bonchev–Trinajstić information content (AvgIpc) is 2.86. The average molecular weight is 324 g/mol. The number of anilines is 2. The topological polar surface area (TPSA) is 99.8 Å². The monoisotopic (exact) mass is 323 g/mol. The predicted octanol–water partition coefficient (Wildman–Crippen LogP) is 1.45. The van der Waals surface area contributed by atoms with Crippen LogP contribution in [-0.2, 0) is 9.59 Å². The molecule has 0 spiro atoms. The lowest BCUT2D eigenvalue weighted by molar-refractivity contribution is -0.133. The number of benzene rings is 1. The summed E-state index contributed by atoms with van der Waals surface area (Å²) in [6.45, 7) is 1.88. The molecule has 2 amide bonds.